The highest BCUT2D eigenvalue weighted by Crippen LogP contribution is 2.48. The number of thioether (sulfide) groups is 1. The Balaban J connectivity index is 1.60. The van der Waals surface area contributed by atoms with Gasteiger partial charge in [0.05, 0.1) is 13.2 Å². The topological polar surface area (TPSA) is 32.7 Å². The van der Waals surface area contributed by atoms with Crippen LogP contribution in [0.1, 0.15) is 30.0 Å². The maximum atomic E-state index is 13.2. The van der Waals surface area contributed by atoms with Gasteiger partial charge in [-0.1, -0.05) is 54.3 Å². The Hall–Kier alpha value is -2.57. The van der Waals surface area contributed by atoms with Crippen LogP contribution >= 0.6 is 24.0 Å². The fourth-order valence-electron chi connectivity index (χ4n) is 4.00. The number of methoxy groups -OCH3 is 1. The minimum atomic E-state index is -0.214. The third kappa shape index (κ3) is 4.86. The largest absolute Gasteiger partial charge is 0.507 e. The fraction of sp³-hybridized carbons (Fsp3) is 0.240. The van der Waals surface area contributed by atoms with E-state index < -0.39 is 0 Å². The first kappa shape index (κ1) is 21.7. The molecule has 0 aromatic heterocycles. The van der Waals surface area contributed by atoms with Crippen LogP contribution in [0.4, 0.5) is 10.1 Å². The van der Waals surface area contributed by atoms with Gasteiger partial charge in [-0.05, 0) is 61.2 Å². The smallest absolute Gasteiger partial charge is 0.141 e. The van der Waals surface area contributed by atoms with Crippen molar-refractivity contribution in [2.75, 3.05) is 12.0 Å². The number of aryl methyl sites for hydroxylation is 1. The molecule has 0 aliphatic carbocycles. The molecule has 4 rings (SSSR count). The highest BCUT2D eigenvalue weighted by molar-refractivity contribution is 8.24. The lowest BCUT2D eigenvalue weighted by Gasteiger charge is -2.29. The number of benzene rings is 3. The Morgan fingerprint density at radius 1 is 1.06 bits per heavy atom. The SMILES string of the molecule is COc1ccc([C@@H]2[C@H](CCCc3ccc(F)cc3)SC(=S)N2c2ccccc2)c(O)c1. The van der Waals surface area contributed by atoms with Crippen LogP contribution in [0.15, 0.2) is 72.8 Å². The van der Waals surface area contributed by atoms with Gasteiger partial charge in [-0.25, -0.2) is 4.39 Å². The van der Waals surface area contributed by atoms with Gasteiger partial charge in [0.25, 0.3) is 0 Å². The van der Waals surface area contributed by atoms with Gasteiger partial charge in [0.1, 0.15) is 21.6 Å². The lowest BCUT2D eigenvalue weighted by atomic mass is 9.96. The predicted molar refractivity (Wildman–Crippen MR) is 130 cm³/mol. The molecule has 0 bridgehead atoms. The van der Waals surface area contributed by atoms with Crippen molar-refractivity contribution in [3.8, 4) is 11.5 Å². The maximum Gasteiger partial charge on any atom is 0.141 e. The lowest BCUT2D eigenvalue weighted by molar-refractivity contribution is 0.405. The van der Waals surface area contributed by atoms with Crippen molar-refractivity contribution in [1.29, 1.82) is 0 Å². The summed E-state index contributed by atoms with van der Waals surface area (Å²) in [5.74, 6) is 0.613. The minimum Gasteiger partial charge on any atom is -0.507 e. The molecule has 0 saturated carbocycles. The molecule has 0 spiro atoms. The van der Waals surface area contributed by atoms with Gasteiger partial charge in [-0.15, -0.1) is 0 Å². The van der Waals surface area contributed by atoms with Crippen molar-refractivity contribution in [2.45, 2.75) is 30.6 Å². The summed E-state index contributed by atoms with van der Waals surface area (Å²) in [7, 11) is 1.59. The summed E-state index contributed by atoms with van der Waals surface area (Å²) in [5.41, 5.74) is 2.97. The number of ether oxygens (including phenoxy) is 1. The molecule has 1 aliphatic heterocycles. The van der Waals surface area contributed by atoms with Gasteiger partial charge in [-0.2, -0.15) is 0 Å². The van der Waals surface area contributed by atoms with Crippen molar-refractivity contribution in [1.82, 2.24) is 0 Å². The van der Waals surface area contributed by atoms with Crippen molar-refractivity contribution >= 4 is 34.0 Å². The zero-order valence-electron chi connectivity index (χ0n) is 17.2. The second-order valence-corrected chi connectivity index (χ2v) is 9.39. The first-order chi connectivity index (χ1) is 15.1. The second kappa shape index (κ2) is 9.71. The molecular formula is C25H24FNO2S2. The number of aromatic hydroxyl groups is 1. The summed E-state index contributed by atoms with van der Waals surface area (Å²) in [6.07, 6.45) is 2.74. The van der Waals surface area contributed by atoms with Gasteiger partial charge in [0, 0.05) is 22.6 Å². The highest BCUT2D eigenvalue weighted by atomic mass is 32.2. The van der Waals surface area contributed by atoms with Crippen LogP contribution in [0.3, 0.4) is 0 Å². The number of thiocarbonyl (C=S) groups is 1. The average Bonchev–Trinajstić information content (AvgIpc) is 3.11. The zero-order valence-corrected chi connectivity index (χ0v) is 18.8. The molecule has 3 nitrogen and oxygen atoms in total. The van der Waals surface area contributed by atoms with Crippen molar-refractivity contribution in [3.05, 3.63) is 89.7 Å². The average molecular weight is 454 g/mol. The maximum absolute atomic E-state index is 13.2. The van der Waals surface area contributed by atoms with E-state index in [9.17, 15) is 9.50 Å². The molecule has 1 N–H and O–H groups in total. The molecule has 160 valence electrons. The fourth-order valence-corrected chi connectivity index (χ4v) is 5.86. The van der Waals surface area contributed by atoms with E-state index in [1.54, 1.807) is 24.9 Å². The Kier molecular flexibility index (Phi) is 6.78. The normalized spacial score (nSPS) is 18.4. The third-order valence-electron chi connectivity index (χ3n) is 5.54. The van der Waals surface area contributed by atoms with Crippen molar-refractivity contribution in [3.63, 3.8) is 0 Å². The van der Waals surface area contributed by atoms with E-state index >= 15 is 0 Å². The lowest BCUT2D eigenvalue weighted by Crippen LogP contribution is -2.29. The molecule has 1 heterocycles. The number of phenolic OH excluding ortho intramolecular Hbond substituents is 1. The van der Waals surface area contributed by atoms with Gasteiger partial charge < -0.3 is 14.7 Å². The van der Waals surface area contributed by atoms with Gasteiger partial charge in [0.2, 0.25) is 0 Å². The summed E-state index contributed by atoms with van der Waals surface area (Å²) >= 11 is 7.45. The van der Waals surface area contributed by atoms with Crippen LogP contribution in [-0.4, -0.2) is 21.8 Å². The minimum absolute atomic E-state index is 0.0842. The van der Waals surface area contributed by atoms with E-state index in [1.807, 2.05) is 54.6 Å². The van der Waals surface area contributed by atoms with Crippen molar-refractivity contribution < 1.29 is 14.2 Å². The van der Waals surface area contributed by atoms with E-state index in [2.05, 4.69) is 4.90 Å². The first-order valence-electron chi connectivity index (χ1n) is 10.2. The molecule has 31 heavy (non-hydrogen) atoms. The van der Waals surface area contributed by atoms with E-state index in [1.165, 1.54) is 12.1 Å². The molecule has 0 amide bonds. The number of nitrogens with zero attached hydrogens (tertiary/aromatic N) is 1. The summed E-state index contributed by atoms with van der Waals surface area (Å²) < 4.78 is 19.2. The Labute approximate surface area is 191 Å². The number of anilines is 1. The molecule has 3 aromatic rings. The second-order valence-electron chi connectivity index (χ2n) is 7.52. The van der Waals surface area contributed by atoms with Crippen LogP contribution in [0.5, 0.6) is 11.5 Å². The molecule has 1 saturated heterocycles. The van der Waals surface area contributed by atoms with Gasteiger partial charge >= 0.3 is 0 Å². The number of para-hydroxylation sites is 1. The van der Waals surface area contributed by atoms with Crippen molar-refractivity contribution in [2.24, 2.45) is 0 Å². The Morgan fingerprint density at radius 2 is 1.81 bits per heavy atom. The Bertz CT molecular complexity index is 1040. The van der Waals surface area contributed by atoms with Gasteiger partial charge in [-0.3, -0.25) is 0 Å². The molecule has 2 atom stereocenters. The molecule has 0 unspecified atom stereocenters. The molecule has 1 aliphatic rings. The number of rotatable bonds is 7. The number of halogens is 1. The molecule has 0 radical (unpaired) electrons. The number of hydrogen-bond acceptors (Lipinski definition) is 4. The van der Waals surface area contributed by atoms with E-state index in [0.29, 0.717) is 5.75 Å². The summed E-state index contributed by atoms with van der Waals surface area (Å²) in [4.78, 5) is 2.14. The van der Waals surface area contributed by atoms with Crippen LogP contribution in [0, 0.1) is 5.82 Å². The molecule has 1 fully saturated rings. The Morgan fingerprint density at radius 3 is 2.48 bits per heavy atom. The number of hydrogen-bond donors (Lipinski definition) is 1. The zero-order chi connectivity index (χ0) is 21.8. The highest BCUT2D eigenvalue weighted by Gasteiger charge is 2.41. The van der Waals surface area contributed by atoms with E-state index in [4.69, 9.17) is 17.0 Å². The van der Waals surface area contributed by atoms with Crippen LogP contribution < -0.4 is 9.64 Å². The standard InChI is InChI=1S/C25H24FNO2S2/c1-29-20-14-15-21(22(28)16-20)24-23(9-5-6-17-10-12-18(26)13-11-17)31-25(30)27(24)19-7-3-2-4-8-19/h2-4,7-8,10-16,23-24,28H,5-6,9H2,1H3/t23-,24+/m0/s1. The van der Waals surface area contributed by atoms with Gasteiger partial charge in [0.15, 0.2) is 0 Å². The van der Waals surface area contributed by atoms with E-state index in [0.717, 1.165) is 40.4 Å². The molecule has 6 heteroatoms. The summed E-state index contributed by atoms with van der Waals surface area (Å²) in [6, 6.07) is 22.1. The first-order valence-corrected chi connectivity index (χ1v) is 11.5. The molecular weight excluding hydrogens is 429 g/mol. The van der Waals surface area contributed by atoms with Crippen LogP contribution in [-0.2, 0) is 6.42 Å². The summed E-state index contributed by atoms with van der Waals surface area (Å²) in [5, 5.41) is 11.0. The summed E-state index contributed by atoms with van der Waals surface area (Å²) in [6.45, 7) is 0. The van der Waals surface area contributed by atoms with Crippen LogP contribution in [0.2, 0.25) is 0 Å². The quantitative estimate of drug-likeness (QED) is 0.412. The number of phenols is 1. The van der Waals surface area contributed by atoms with Crippen LogP contribution in [0.25, 0.3) is 0 Å². The monoisotopic (exact) mass is 453 g/mol. The third-order valence-corrected chi connectivity index (χ3v) is 7.22. The van der Waals surface area contributed by atoms with E-state index in [-0.39, 0.29) is 22.9 Å². The molecule has 3 aromatic carbocycles. The predicted octanol–water partition coefficient (Wildman–Crippen LogP) is 6.51.